The summed E-state index contributed by atoms with van der Waals surface area (Å²) in [5.74, 6) is -0.842. The van der Waals surface area contributed by atoms with Gasteiger partial charge < -0.3 is 10.6 Å². The van der Waals surface area contributed by atoms with Crippen LogP contribution < -0.4 is 10.6 Å². The van der Waals surface area contributed by atoms with E-state index < -0.39 is 23.9 Å². The van der Waals surface area contributed by atoms with E-state index in [9.17, 15) is 14.4 Å². The van der Waals surface area contributed by atoms with Crippen molar-refractivity contribution in [1.29, 1.82) is 0 Å². The molecule has 0 saturated carbocycles. The molecule has 1 atom stereocenters. The summed E-state index contributed by atoms with van der Waals surface area (Å²) in [7, 11) is 0. The SMILES string of the molecule is Cc1cc(Cl)ccc1NC(=O)CN1C(=O)N[C@H](C)C1=O. The fourth-order valence-corrected chi connectivity index (χ4v) is 2.14. The molecule has 7 heteroatoms. The van der Waals surface area contributed by atoms with E-state index in [1.165, 1.54) is 0 Å². The maximum atomic E-state index is 11.9. The minimum absolute atomic E-state index is 0.308. The zero-order chi connectivity index (χ0) is 14.9. The van der Waals surface area contributed by atoms with Crippen molar-refractivity contribution in [2.24, 2.45) is 0 Å². The zero-order valence-electron chi connectivity index (χ0n) is 11.1. The average molecular weight is 296 g/mol. The molecule has 0 aliphatic carbocycles. The van der Waals surface area contributed by atoms with E-state index in [0.717, 1.165) is 10.5 Å². The Hall–Kier alpha value is -2.08. The molecule has 106 valence electrons. The highest BCUT2D eigenvalue weighted by molar-refractivity contribution is 6.30. The molecule has 0 bridgehead atoms. The summed E-state index contributed by atoms with van der Waals surface area (Å²) in [6.45, 7) is 3.07. The summed E-state index contributed by atoms with van der Waals surface area (Å²) in [4.78, 5) is 35.9. The number of nitrogens with one attached hydrogen (secondary N) is 2. The molecule has 20 heavy (non-hydrogen) atoms. The number of halogens is 1. The van der Waals surface area contributed by atoms with Gasteiger partial charge in [0.15, 0.2) is 0 Å². The standard InChI is InChI=1S/C13H14ClN3O3/c1-7-5-9(14)3-4-10(7)16-11(18)6-17-12(19)8(2)15-13(17)20/h3-5,8H,6H2,1-2H3,(H,15,20)(H,16,18)/t8-/m1/s1. The molecule has 1 aliphatic heterocycles. The minimum Gasteiger partial charge on any atom is -0.326 e. The highest BCUT2D eigenvalue weighted by atomic mass is 35.5. The fraction of sp³-hybridized carbons (Fsp3) is 0.308. The Morgan fingerprint density at radius 2 is 2.15 bits per heavy atom. The second kappa shape index (κ2) is 5.50. The first kappa shape index (κ1) is 14.3. The first-order chi connectivity index (χ1) is 9.38. The van der Waals surface area contributed by atoms with Crippen molar-refractivity contribution in [1.82, 2.24) is 10.2 Å². The Bertz CT molecular complexity index is 588. The number of carbonyl (C=O) groups is 3. The maximum absolute atomic E-state index is 11.9. The maximum Gasteiger partial charge on any atom is 0.325 e. The molecule has 0 aromatic heterocycles. The van der Waals surface area contributed by atoms with Gasteiger partial charge >= 0.3 is 6.03 Å². The van der Waals surface area contributed by atoms with Crippen LogP contribution in [-0.4, -0.2) is 35.3 Å². The van der Waals surface area contributed by atoms with Gasteiger partial charge in [0.05, 0.1) is 0 Å². The molecule has 2 N–H and O–H groups in total. The number of hydrogen-bond acceptors (Lipinski definition) is 3. The van der Waals surface area contributed by atoms with Gasteiger partial charge in [-0.2, -0.15) is 0 Å². The van der Waals surface area contributed by atoms with Crippen molar-refractivity contribution < 1.29 is 14.4 Å². The van der Waals surface area contributed by atoms with Crippen LogP contribution in [0.15, 0.2) is 18.2 Å². The molecule has 1 saturated heterocycles. The van der Waals surface area contributed by atoms with Crippen LogP contribution in [0.5, 0.6) is 0 Å². The molecule has 1 aromatic rings. The zero-order valence-corrected chi connectivity index (χ0v) is 11.8. The van der Waals surface area contributed by atoms with Gasteiger partial charge in [-0.3, -0.25) is 14.5 Å². The van der Waals surface area contributed by atoms with Gasteiger partial charge in [-0.05, 0) is 37.6 Å². The number of amides is 4. The molecule has 1 aromatic carbocycles. The molecule has 1 fully saturated rings. The number of benzene rings is 1. The molecule has 4 amide bonds. The lowest BCUT2D eigenvalue weighted by molar-refractivity contribution is -0.130. The number of aryl methyl sites for hydroxylation is 1. The Kier molecular flexibility index (Phi) is 3.94. The lowest BCUT2D eigenvalue weighted by Gasteiger charge is -2.13. The lowest BCUT2D eigenvalue weighted by Crippen LogP contribution is -2.38. The monoisotopic (exact) mass is 295 g/mol. The Morgan fingerprint density at radius 1 is 1.45 bits per heavy atom. The topological polar surface area (TPSA) is 78.5 Å². The summed E-state index contributed by atoms with van der Waals surface area (Å²) in [5, 5.41) is 5.67. The van der Waals surface area contributed by atoms with Gasteiger partial charge in [-0.25, -0.2) is 4.79 Å². The second-order valence-electron chi connectivity index (χ2n) is 4.60. The van der Waals surface area contributed by atoms with Crippen LogP contribution in [0, 0.1) is 6.92 Å². The quantitative estimate of drug-likeness (QED) is 0.830. The highest BCUT2D eigenvalue weighted by Crippen LogP contribution is 2.19. The number of carbonyl (C=O) groups excluding carboxylic acids is 3. The van der Waals surface area contributed by atoms with Crippen molar-refractivity contribution in [2.45, 2.75) is 19.9 Å². The van der Waals surface area contributed by atoms with Crippen LogP contribution in [0.3, 0.4) is 0 Å². The Labute approximate surface area is 121 Å². The van der Waals surface area contributed by atoms with Crippen molar-refractivity contribution in [3.05, 3.63) is 28.8 Å². The van der Waals surface area contributed by atoms with Crippen LogP contribution in [0.2, 0.25) is 5.02 Å². The smallest absolute Gasteiger partial charge is 0.325 e. The summed E-state index contributed by atoms with van der Waals surface area (Å²) < 4.78 is 0. The van der Waals surface area contributed by atoms with Gasteiger partial charge in [0.1, 0.15) is 12.6 Å². The summed E-state index contributed by atoms with van der Waals surface area (Å²) >= 11 is 5.83. The average Bonchev–Trinajstić information content (AvgIpc) is 2.60. The van der Waals surface area contributed by atoms with Crippen molar-refractivity contribution >= 4 is 35.1 Å². The summed E-state index contributed by atoms with van der Waals surface area (Å²) in [6, 6.07) is 3.90. The van der Waals surface area contributed by atoms with Crippen LogP contribution in [0.25, 0.3) is 0 Å². The predicted octanol–water partition coefficient (Wildman–Crippen LogP) is 1.53. The third-order valence-corrected chi connectivity index (χ3v) is 3.22. The molecular weight excluding hydrogens is 282 g/mol. The molecule has 0 radical (unpaired) electrons. The molecule has 0 spiro atoms. The van der Waals surface area contributed by atoms with Gasteiger partial charge in [-0.15, -0.1) is 0 Å². The molecule has 1 aliphatic rings. The Morgan fingerprint density at radius 3 is 2.70 bits per heavy atom. The molecule has 6 nitrogen and oxygen atoms in total. The number of hydrogen-bond donors (Lipinski definition) is 2. The van der Waals surface area contributed by atoms with E-state index in [0.29, 0.717) is 10.7 Å². The van der Waals surface area contributed by atoms with Gasteiger partial charge in [0.2, 0.25) is 5.91 Å². The third kappa shape index (κ3) is 2.91. The van der Waals surface area contributed by atoms with Crippen LogP contribution in [-0.2, 0) is 9.59 Å². The van der Waals surface area contributed by atoms with Crippen LogP contribution in [0.1, 0.15) is 12.5 Å². The van der Waals surface area contributed by atoms with Gasteiger partial charge in [0.25, 0.3) is 5.91 Å². The van der Waals surface area contributed by atoms with E-state index in [-0.39, 0.29) is 6.54 Å². The van der Waals surface area contributed by atoms with Crippen molar-refractivity contribution in [3.63, 3.8) is 0 Å². The number of imide groups is 1. The highest BCUT2D eigenvalue weighted by Gasteiger charge is 2.36. The number of rotatable bonds is 3. The molecular formula is C13H14ClN3O3. The number of urea groups is 1. The van der Waals surface area contributed by atoms with E-state index in [1.54, 1.807) is 32.0 Å². The van der Waals surface area contributed by atoms with Crippen LogP contribution in [0.4, 0.5) is 10.5 Å². The van der Waals surface area contributed by atoms with Crippen molar-refractivity contribution in [3.8, 4) is 0 Å². The second-order valence-corrected chi connectivity index (χ2v) is 5.04. The minimum atomic E-state index is -0.590. The fourth-order valence-electron chi connectivity index (χ4n) is 1.91. The van der Waals surface area contributed by atoms with Gasteiger partial charge in [-0.1, -0.05) is 11.6 Å². The summed E-state index contributed by atoms with van der Waals surface area (Å²) in [5.41, 5.74) is 1.40. The first-order valence-electron chi connectivity index (χ1n) is 6.06. The largest absolute Gasteiger partial charge is 0.326 e. The molecule has 1 heterocycles. The third-order valence-electron chi connectivity index (χ3n) is 2.99. The molecule has 0 unspecified atom stereocenters. The molecule has 2 rings (SSSR count). The van der Waals surface area contributed by atoms with E-state index >= 15 is 0 Å². The van der Waals surface area contributed by atoms with Crippen molar-refractivity contribution in [2.75, 3.05) is 11.9 Å². The lowest BCUT2D eigenvalue weighted by atomic mass is 10.2. The number of nitrogens with zero attached hydrogens (tertiary/aromatic N) is 1. The van der Waals surface area contributed by atoms with E-state index in [2.05, 4.69) is 10.6 Å². The normalized spacial score (nSPS) is 18.1. The van der Waals surface area contributed by atoms with E-state index in [1.807, 2.05) is 0 Å². The Balaban J connectivity index is 2.03. The summed E-state index contributed by atoms with van der Waals surface area (Å²) in [6.07, 6.45) is 0. The predicted molar refractivity (Wildman–Crippen MR) is 74.5 cm³/mol. The van der Waals surface area contributed by atoms with Gasteiger partial charge in [0, 0.05) is 10.7 Å². The van der Waals surface area contributed by atoms with Crippen LogP contribution >= 0.6 is 11.6 Å². The number of anilines is 1. The first-order valence-corrected chi connectivity index (χ1v) is 6.44. The van der Waals surface area contributed by atoms with E-state index in [4.69, 9.17) is 11.6 Å².